The zero-order valence-corrected chi connectivity index (χ0v) is 10.9. The smallest absolute Gasteiger partial charge is 0.311 e. The second-order valence-electron chi connectivity index (χ2n) is 4.98. The molecule has 0 atom stereocenters. The van der Waals surface area contributed by atoms with Gasteiger partial charge in [0.15, 0.2) is 11.6 Å². The maximum atomic E-state index is 13.9. The van der Waals surface area contributed by atoms with Crippen molar-refractivity contribution in [2.45, 2.75) is 39.0 Å². The summed E-state index contributed by atoms with van der Waals surface area (Å²) in [5, 5.41) is 12.2. The highest BCUT2D eigenvalue weighted by molar-refractivity contribution is 5.75. The largest absolute Gasteiger partial charge is 0.481 e. The summed E-state index contributed by atoms with van der Waals surface area (Å²) in [6.07, 6.45) is 4.84. The Balaban J connectivity index is 2.12. The van der Waals surface area contributed by atoms with E-state index in [1.807, 2.05) is 6.92 Å². The quantitative estimate of drug-likeness (QED) is 0.855. The Morgan fingerprint density at radius 1 is 1.47 bits per heavy atom. The van der Waals surface area contributed by atoms with Crippen LogP contribution in [0.25, 0.3) is 0 Å². The number of rotatable bonds is 5. The van der Waals surface area contributed by atoms with Crippen LogP contribution in [0.3, 0.4) is 0 Å². The number of anilines is 1. The number of carboxylic acids is 1. The second-order valence-corrected chi connectivity index (χ2v) is 4.98. The van der Waals surface area contributed by atoms with Crippen molar-refractivity contribution >= 4 is 11.8 Å². The van der Waals surface area contributed by atoms with Gasteiger partial charge in [0.1, 0.15) is 6.33 Å². The third kappa shape index (κ3) is 2.67. The first-order chi connectivity index (χ1) is 9.09. The van der Waals surface area contributed by atoms with Crippen LogP contribution in [-0.2, 0) is 11.2 Å². The highest BCUT2D eigenvalue weighted by Crippen LogP contribution is 2.38. The molecule has 0 bridgehead atoms. The van der Waals surface area contributed by atoms with Crippen molar-refractivity contribution in [3.05, 3.63) is 17.8 Å². The number of hydrogen-bond acceptors (Lipinski definition) is 4. The van der Waals surface area contributed by atoms with E-state index in [4.69, 9.17) is 0 Å². The summed E-state index contributed by atoms with van der Waals surface area (Å²) in [5.74, 6) is -1.20. The minimum Gasteiger partial charge on any atom is -0.481 e. The molecule has 0 radical (unpaired) electrons. The zero-order valence-electron chi connectivity index (χ0n) is 10.9. The molecule has 1 aliphatic rings. The van der Waals surface area contributed by atoms with Gasteiger partial charge in [-0.3, -0.25) is 4.79 Å². The van der Waals surface area contributed by atoms with E-state index in [2.05, 4.69) is 15.3 Å². The van der Waals surface area contributed by atoms with Gasteiger partial charge < -0.3 is 10.4 Å². The van der Waals surface area contributed by atoms with Crippen LogP contribution in [0.5, 0.6) is 0 Å². The van der Waals surface area contributed by atoms with Crippen molar-refractivity contribution in [2.75, 3.05) is 11.9 Å². The average Bonchev–Trinajstić information content (AvgIpc) is 2.88. The van der Waals surface area contributed by atoms with Gasteiger partial charge >= 0.3 is 5.97 Å². The van der Waals surface area contributed by atoms with Crippen molar-refractivity contribution in [1.29, 1.82) is 0 Å². The van der Waals surface area contributed by atoms with Crippen LogP contribution in [0.4, 0.5) is 10.2 Å². The molecule has 1 aromatic rings. The molecule has 1 aliphatic carbocycles. The molecule has 0 unspecified atom stereocenters. The lowest BCUT2D eigenvalue weighted by atomic mass is 9.86. The SMILES string of the molecule is CCc1ncnc(NCC2(C(=O)O)CCCC2)c1F. The zero-order chi connectivity index (χ0) is 13.9. The average molecular weight is 267 g/mol. The molecule has 0 aliphatic heterocycles. The highest BCUT2D eigenvalue weighted by atomic mass is 19.1. The number of carboxylic acid groups (broad SMARTS) is 1. The third-order valence-electron chi connectivity index (χ3n) is 3.81. The molecule has 1 fully saturated rings. The second kappa shape index (κ2) is 5.50. The summed E-state index contributed by atoms with van der Waals surface area (Å²) in [6, 6.07) is 0. The van der Waals surface area contributed by atoms with E-state index in [0.717, 1.165) is 12.8 Å². The van der Waals surface area contributed by atoms with Gasteiger partial charge in [-0.05, 0) is 19.3 Å². The number of nitrogens with one attached hydrogen (secondary N) is 1. The molecule has 19 heavy (non-hydrogen) atoms. The molecule has 104 valence electrons. The van der Waals surface area contributed by atoms with Crippen molar-refractivity contribution in [1.82, 2.24) is 9.97 Å². The van der Waals surface area contributed by atoms with Crippen LogP contribution >= 0.6 is 0 Å². The molecule has 6 heteroatoms. The fourth-order valence-corrected chi connectivity index (χ4v) is 2.55. The molecular weight excluding hydrogens is 249 g/mol. The fourth-order valence-electron chi connectivity index (χ4n) is 2.55. The lowest BCUT2D eigenvalue weighted by Gasteiger charge is -2.24. The number of nitrogens with zero attached hydrogens (tertiary/aromatic N) is 2. The van der Waals surface area contributed by atoms with Crippen LogP contribution in [0, 0.1) is 11.2 Å². The first-order valence-electron chi connectivity index (χ1n) is 6.56. The van der Waals surface area contributed by atoms with Crippen LogP contribution in [0.2, 0.25) is 0 Å². The van der Waals surface area contributed by atoms with E-state index in [0.29, 0.717) is 25.0 Å². The van der Waals surface area contributed by atoms with Gasteiger partial charge in [-0.1, -0.05) is 19.8 Å². The summed E-state index contributed by atoms with van der Waals surface area (Å²) in [6.45, 7) is 2.02. The molecule has 1 heterocycles. The van der Waals surface area contributed by atoms with Gasteiger partial charge in [-0.15, -0.1) is 0 Å². The maximum Gasteiger partial charge on any atom is 0.311 e. The van der Waals surface area contributed by atoms with Gasteiger partial charge in [0, 0.05) is 6.54 Å². The Kier molecular flexibility index (Phi) is 3.97. The molecule has 0 amide bonds. The standard InChI is InChI=1S/C13H18FN3O2/c1-2-9-10(14)11(17-8-16-9)15-7-13(12(18)19)5-3-4-6-13/h8H,2-7H2,1H3,(H,18,19)(H,15,16,17). The summed E-state index contributed by atoms with van der Waals surface area (Å²) in [7, 11) is 0. The van der Waals surface area contributed by atoms with E-state index in [-0.39, 0.29) is 12.4 Å². The van der Waals surface area contributed by atoms with E-state index < -0.39 is 17.2 Å². The fraction of sp³-hybridized carbons (Fsp3) is 0.615. The lowest BCUT2D eigenvalue weighted by molar-refractivity contribution is -0.147. The summed E-state index contributed by atoms with van der Waals surface area (Å²) >= 11 is 0. The molecule has 5 nitrogen and oxygen atoms in total. The lowest BCUT2D eigenvalue weighted by Crippen LogP contribution is -2.35. The first-order valence-corrected chi connectivity index (χ1v) is 6.56. The molecule has 2 N–H and O–H groups in total. The predicted octanol–water partition coefficient (Wildman–Crippen LogP) is 2.24. The van der Waals surface area contributed by atoms with Crippen LogP contribution in [-0.4, -0.2) is 27.6 Å². The van der Waals surface area contributed by atoms with Gasteiger partial charge in [-0.2, -0.15) is 0 Å². The van der Waals surface area contributed by atoms with Crippen LogP contribution in [0.1, 0.15) is 38.3 Å². The topological polar surface area (TPSA) is 75.1 Å². The maximum absolute atomic E-state index is 13.9. The summed E-state index contributed by atoms with van der Waals surface area (Å²) in [4.78, 5) is 19.1. The highest BCUT2D eigenvalue weighted by Gasteiger charge is 2.41. The van der Waals surface area contributed by atoms with E-state index in [9.17, 15) is 14.3 Å². The third-order valence-corrected chi connectivity index (χ3v) is 3.81. The minimum atomic E-state index is -0.817. The number of carbonyl (C=O) groups is 1. The van der Waals surface area contributed by atoms with Crippen molar-refractivity contribution < 1.29 is 14.3 Å². The molecule has 0 saturated heterocycles. The van der Waals surface area contributed by atoms with Crippen LogP contribution in [0.15, 0.2) is 6.33 Å². The molecular formula is C13H18FN3O2. The van der Waals surface area contributed by atoms with E-state index in [1.165, 1.54) is 6.33 Å². The van der Waals surface area contributed by atoms with Crippen LogP contribution < -0.4 is 5.32 Å². The Morgan fingerprint density at radius 3 is 2.74 bits per heavy atom. The molecule has 0 aromatic carbocycles. The van der Waals surface area contributed by atoms with Crippen molar-refractivity contribution in [3.8, 4) is 0 Å². The number of aromatic nitrogens is 2. The van der Waals surface area contributed by atoms with E-state index >= 15 is 0 Å². The summed E-state index contributed by atoms with van der Waals surface area (Å²) in [5.41, 5.74) is -0.447. The van der Waals surface area contributed by atoms with Crippen molar-refractivity contribution in [3.63, 3.8) is 0 Å². The first kappa shape index (κ1) is 13.7. The monoisotopic (exact) mass is 267 g/mol. The number of halogens is 1. The number of hydrogen-bond donors (Lipinski definition) is 2. The number of aryl methyl sites for hydroxylation is 1. The summed E-state index contributed by atoms with van der Waals surface area (Å²) < 4.78 is 13.9. The minimum absolute atomic E-state index is 0.0966. The van der Waals surface area contributed by atoms with Gasteiger partial charge in [-0.25, -0.2) is 14.4 Å². The van der Waals surface area contributed by atoms with Gasteiger partial charge in [0.2, 0.25) is 0 Å². The Bertz CT molecular complexity index is 473. The molecule has 1 aromatic heterocycles. The van der Waals surface area contributed by atoms with Gasteiger partial charge in [0.25, 0.3) is 0 Å². The molecule has 1 saturated carbocycles. The molecule has 0 spiro atoms. The molecule has 2 rings (SSSR count). The Morgan fingerprint density at radius 2 is 2.16 bits per heavy atom. The normalized spacial score (nSPS) is 17.4. The van der Waals surface area contributed by atoms with Crippen molar-refractivity contribution in [2.24, 2.45) is 5.41 Å². The number of aliphatic carboxylic acids is 1. The predicted molar refractivity (Wildman–Crippen MR) is 68.4 cm³/mol. The van der Waals surface area contributed by atoms with E-state index in [1.54, 1.807) is 0 Å². The Hall–Kier alpha value is -1.72. The Labute approximate surface area is 111 Å². The van der Waals surface area contributed by atoms with Gasteiger partial charge in [0.05, 0.1) is 11.1 Å².